The molecular weight excluding hydrogens is 540 g/mol. The summed E-state index contributed by atoms with van der Waals surface area (Å²) in [6.45, 7) is 6.05. The number of amides is 3. The van der Waals surface area contributed by atoms with Crippen LogP contribution < -0.4 is 16.0 Å². The molecule has 3 saturated carbocycles. The standard InChI is InChI=1S/C34H46N6O3/c1-20(2)40-28(15-16-35-40)32(41)38-30(29(21-5-6-21)22-7-8-22)33(42)36-25-12-13-26-24(19-25)11-14-27(26)37-34(43)31(23-9-10-23)39-17-3-4-18-39/h12-13,15-16,19-23,27,29-31H,3-11,14,17-18H2,1-2H3,(H,36,42)(H,37,43)(H,38,41)/t27-,30+,31?/m1/s1. The van der Waals surface area contributed by atoms with E-state index in [-0.39, 0.29) is 41.8 Å². The van der Waals surface area contributed by atoms with Gasteiger partial charge >= 0.3 is 0 Å². The molecule has 9 heteroatoms. The Morgan fingerprint density at radius 1 is 0.884 bits per heavy atom. The first-order valence-electron chi connectivity index (χ1n) is 16.7. The van der Waals surface area contributed by atoms with E-state index in [1.165, 1.54) is 18.4 Å². The molecule has 5 aliphatic rings. The number of hydrogen-bond acceptors (Lipinski definition) is 5. The van der Waals surface area contributed by atoms with Crippen LogP contribution in [0.4, 0.5) is 5.69 Å². The van der Waals surface area contributed by atoms with Crippen LogP contribution in [0.25, 0.3) is 0 Å². The van der Waals surface area contributed by atoms with Gasteiger partial charge in [-0.2, -0.15) is 5.10 Å². The maximum atomic E-state index is 13.9. The summed E-state index contributed by atoms with van der Waals surface area (Å²) < 4.78 is 1.71. The molecule has 2 heterocycles. The average molecular weight is 587 g/mol. The van der Waals surface area contributed by atoms with Gasteiger partial charge in [0.15, 0.2) is 0 Å². The SMILES string of the molecule is CC(C)n1nccc1C(=O)N[C@H](C(=O)Nc1ccc2c(c1)CC[C@H]2NC(=O)C(C1CC1)N1CCCC1)C(C1CC1)C1CC1. The molecule has 1 aromatic heterocycles. The van der Waals surface area contributed by atoms with Crippen molar-refractivity contribution in [3.05, 3.63) is 47.3 Å². The second kappa shape index (κ2) is 11.7. The lowest BCUT2D eigenvalue weighted by molar-refractivity contribution is -0.127. The van der Waals surface area contributed by atoms with Crippen molar-refractivity contribution < 1.29 is 14.4 Å². The van der Waals surface area contributed by atoms with Crippen molar-refractivity contribution in [3.8, 4) is 0 Å². The highest BCUT2D eigenvalue weighted by molar-refractivity contribution is 6.01. The maximum Gasteiger partial charge on any atom is 0.270 e. The van der Waals surface area contributed by atoms with Gasteiger partial charge < -0.3 is 16.0 Å². The molecule has 3 amide bonds. The van der Waals surface area contributed by atoms with Gasteiger partial charge in [0, 0.05) is 17.9 Å². The quantitative estimate of drug-likeness (QED) is 0.337. The van der Waals surface area contributed by atoms with Gasteiger partial charge in [0.2, 0.25) is 11.8 Å². The number of benzene rings is 1. The third kappa shape index (κ3) is 6.10. The van der Waals surface area contributed by atoms with Crippen LogP contribution in [0.1, 0.15) is 105 Å². The lowest BCUT2D eigenvalue weighted by atomic mass is 9.88. The van der Waals surface area contributed by atoms with Gasteiger partial charge in [-0.3, -0.25) is 24.0 Å². The minimum atomic E-state index is -0.590. The molecule has 2 aromatic rings. The highest BCUT2D eigenvalue weighted by atomic mass is 16.2. The monoisotopic (exact) mass is 586 g/mol. The first-order chi connectivity index (χ1) is 20.9. The van der Waals surface area contributed by atoms with E-state index >= 15 is 0 Å². The maximum absolute atomic E-state index is 13.9. The third-order valence-corrected chi connectivity index (χ3v) is 10.4. The number of fused-ring (bicyclic) bond motifs is 1. The van der Waals surface area contributed by atoms with Crippen LogP contribution in [0, 0.1) is 23.7 Å². The number of anilines is 1. The van der Waals surface area contributed by atoms with E-state index < -0.39 is 6.04 Å². The minimum Gasteiger partial charge on any atom is -0.348 e. The molecule has 4 aliphatic carbocycles. The number of likely N-dealkylation sites (tertiary alicyclic amines) is 1. The van der Waals surface area contributed by atoms with E-state index in [0.717, 1.165) is 75.7 Å². The molecule has 0 bridgehead atoms. The zero-order valence-corrected chi connectivity index (χ0v) is 25.6. The second-order valence-electron chi connectivity index (χ2n) is 14.0. The average Bonchev–Trinajstić information content (AvgIpc) is 3.96. The van der Waals surface area contributed by atoms with Gasteiger partial charge in [-0.1, -0.05) is 6.07 Å². The molecule has 4 fully saturated rings. The fourth-order valence-corrected chi connectivity index (χ4v) is 7.78. The fraction of sp³-hybridized carbons (Fsp3) is 0.647. The van der Waals surface area contributed by atoms with Crippen molar-refractivity contribution >= 4 is 23.4 Å². The first kappa shape index (κ1) is 28.6. The number of aromatic nitrogens is 2. The molecule has 3 N–H and O–H groups in total. The number of carbonyl (C=O) groups excluding carboxylic acids is 3. The molecule has 1 unspecified atom stereocenters. The van der Waals surface area contributed by atoms with E-state index in [1.54, 1.807) is 16.9 Å². The van der Waals surface area contributed by atoms with Gasteiger partial charge in [-0.05, 0) is 144 Å². The Kier molecular flexibility index (Phi) is 7.78. The predicted molar refractivity (Wildman–Crippen MR) is 164 cm³/mol. The molecule has 7 rings (SSSR count). The Morgan fingerprint density at radius 2 is 1.58 bits per heavy atom. The minimum absolute atomic E-state index is 0.0160. The number of hydrogen-bond donors (Lipinski definition) is 3. The summed E-state index contributed by atoms with van der Waals surface area (Å²) in [7, 11) is 0. The fourth-order valence-electron chi connectivity index (χ4n) is 7.78. The number of nitrogens with zero attached hydrogens (tertiary/aromatic N) is 3. The highest BCUT2D eigenvalue weighted by Crippen LogP contribution is 2.51. The van der Waals surface area contributed by atoms with Crippen LogP contribution in [0.15, 0.2) is 30.5 Å². The van der Waals surface area contributed by atoms with E-state index in [0.29, 0.717) is 23.4 Å². The summed E-state index contributed by atoms with van der Waals surface area (Å²) in [5.41, 5.74) is 3.57. The Bertz CT molecular complexity index is 1360. The number of nitrogens with one attached hydrogen (secondary N) is 3. The Hall–Kier alpha value is -3.20. The number of aryl methyl sites for hydroxylation is 1. The van der Waals surface area contributed by atoms with Gasteiger partial charge in [0.1, 0.15) is 11.7 Å². The third-order valence-electron chi connectivity index (χ3n) is 10.4. The molecule has 1 aliphatic heterocycles. The summed E-state index contributed by atoms with van der Waals surface area (Å²) in [6, 6.07) is 7.30. The van der Waals surface area contributed by atoms with Gasteiger partial charge in [0.05, 0.1) is 12.1 Å². The predicted octanol–water partition coefficient (Wildman–Crippen LogP) is 4.62. The zero-order valence-electron chi connectivity index (χ0n) is 25.6. The van der Waals surface area contributed by atoms with Crippen LogP contribution in [-0.4, -0.2) is 57.6 Å². The summed E-state index contributed by atoms with van der Waals surface area (Å²) in [6.07, 6.45) is 12.6. The number of carbonyl (C=O) groups is 3. The van der Waals surface area contributed by atoms with E-state index in [4.69, 9.17) is 0 Å². The zero-order chi connectivity index (χ0) is 29.7. The normalized spacial score (nSPS) is 23.3. The lowest BCUT2D eigenvalue weighted by Gasteiger charge is -2.28. The van der Waals surface area contributed by atoms with Crippen molar-refractivity contribution in [2.75, 3.05) is 18.4 Å². The number of rotatable bonds is 12. The van der Waals surface area contributed by atoms with Crippen molar-refractivity contribution in [1.29, 1.82) is 0 Å². The molecule has 43 heavy (non-hydrogen) atoms. The van der Waals surface area contributed by atoms with Crippen LogP contribution in [0.5, 0.6) is 0 Å². The smallest absolute Gasteiger partial charge is 0.270 e. The summed E-state index contributed by atoms with van der Waals surface area (Å²) in [5, 5.41) is 14.0. The van der Waals surface area contributed by atoms with E-state index in [1.807, 2.05) is 19.9 Å². The summed E-state index contributed by atoms with van der Waals surface area (Å²) in [5.74, 6) is 1.43. The first-order valence-corrected chi connectivity index (χ1v) is 16.7. The Morgan fingerprint density at radius 3 is 2.23 bits per heavy atom. The molecule has 230 valence electrons. The van der Waals surface area contributed by atoms with Gasteiger partial charge in [-0.25, -0.2) is 0 Å². The summed E-state index contributed by atoms with van der Waals surface area (Å²) in [4.78, 5) is 43.2. The second-order valence-corrected chi connectivity index (χ2v) is 14.0. The van der Waals surface area contributed by atoms with Crippen molar-refractivity contribution in [2.45, 2.75) is 102 Å². The van der Waals surface area contributed by atoms with Crippen LogP contribution in [-0.2, 0) is 16.0 Å². The molecule has 3 atom stereocenters. The highest BCUT2D eigenvalue weighted by Gasteiger charge is 2.48. The van der Waals surface area contributed by atoms with Crippen LogP contribution in [0.2, 0.25) is 0 Å². The Balaban J connectivity index is 1.05. The van der Waals surface area contributed by atoms with Gasteiger partial charge in [-0.15, -0.1) is 0 Å². The molecule has 9 nitrogen and oxygen atoms in total. The summed E-state index contributed by atoms with van der Waals surface area (Å²) >= 11 is 0. The van der Waals surface area contributed by atoms with Crippen LogP contribution in [0.3, 0.4) is 0 Å². The molecule has 0 spiro atoms. The van der Waals surface area contributed by atoms with Crippen molar-refractivity contribution in [2.24, 2.45) is 23.7 Å². The van der Waals surface area contributed by atoms with Crippen LogP contribution >= 0.6 is 0 Å². The largest absolute Gasteiger partial charge is 0.348 e. The Labute approximate surface area is 254 Å². The van der Waals surface area contributed by atoms with E-state index in [2.05, 4.69) is 38.1 Å². The topological polar surface area (TPSA) is 108 Å². The van der Waals surface area contributed by atoms with Crippen molar-refractivity contribution in [3.63, 3.8) is 0 Å². The molecule has 1 aromatic carbocycles. The molecule has 0 radical (unpaired) electrons. The molecule has 1 saturated heterocycles. The van der Waals surface area contributed by atoms with Gasteiger partial charge in [0.25, 0.3) is 5.91 Å². The van der Waals surface area contributed by atoms with Crippen molar-refractivity contribution in [1.82, 2.24) is 25.3 Å². The lowest BCUT2D eigenvalue weighted by Crippen LogP contribution is -2.50. The molecular formula is C34H46N6O3. The van der Waals surface area contributed by atoms with E-state index in [9.17, 15) is 14.4 Å².